The van der Waals surface area contributed by atoms with Crippen LogP contribution in [0.2, 0.25) is 4.47 Å². The van der Waals surface area contributed by atoms with Crippen molar-refractivity contribution in [2.75, 3.05) is 26.7 Å². The van der Waals surface area contributed by atoms with Gasteiger partial charge in [-0.2, -0.15) is 0 Å². The highest BCUT2D eigenvalue weighted by atomic mass is 35.5. The van der Waals surface area contributed by atoms with Gasteiger partial charge in [-0.15, -0.1) is 11.3 Å². The summed E-state index contributed by atoms with van der Waals surface area (Å²) in [5.74, 6) is 0. The van der Waals surface area contributed by atoms with Crippen LogP contribution < -0.4 is 0 Å². The minimum atomic E-state index is 0.605. The molecule has 0 aliphatic carbocycles. The number of rotatable bonds is 2. The fourth-order valence-electron chi connectivity index (χ4n) is 2.21. The molecular formula is C11H18ClN3S. The number of thiazole rings is 1. The molecule has 2 heterocycles. The van der Waals surface area contributed by atoms with Crippen molar-refractivity contribution in [1.29, 1.82) is 0 Å². The molecule has 16 heavy (non-hydrogen) atoms. The molecule has 3 nitrogen and oxygen atoms in total. The van der Waals surface area contributed by atoms with Gasteiger partial charge in [-0.05, 0) is 26.9 Å². The van der Waals surface area contributed by atoms with Gasteiger partial charge in [-0.3, -0.25) is 4.90 Å². The highest BCUT2D eigenvalue weighted by molar-refractivity contribution is 7.15. The van der Waals surface area contributed by atoms with Gasteiger partial charge in [0.05, 0.1) is 0 Å². The van der Waals surface area contributed by atoms with Gasteiger partial charge in [-0.25, -0.2) is 4.98 Å². The smallest absolute Gasteiger partial charge is 0.183 e. The van der Waals surface area contributed by atoms with Gasteiger partial charge in [-0.1, -0.05) is 11.6 Å². The molecule has 0 amide bonds. The zero-order chi connectivity index (χ0) is 11.5. The summed E-state index contributed by atoms with van der Waals surface area (Å²) in [5, 5.41) is 0. The number of nitrogens with zero attached hydrogens (tertiary/aromatic N) is 3. The number of aromatic nitrogens is 1. The Morgan fingerprint density at radius 3 is 3.06 bits per heavy atom. The largest absolute Gasteiger partial charge is 0.305 e. The van der Waals surface area contributed by atoms with Crippen molar-refractivity contribution in [3.8, 4) is 0 Å². The maximum atomic E-state index is 5.85. The van der Waals surface area contributed by atoms with E-state index in [-0.39, 0.29) is 0 Å². The second kappa shape index (κ2) is 5.45. The normalized spacial score (nSPS) is 24.6. The average Bonchev–Trinajstić information content (AvgIpc) is 2.55. The van der Waals surface area contributed by atoms with Crippen molar-refractivity contribution < 1.29 is 0 Å². The third-order valence-electron chi connectivity index (χ3n) is 3.07. The van der Waals surface area contributed by atoms with Crippen LogP contribution >= 0.6 is 22.9 Å². The summed E-state index contributed by atoms with van der Waals surface area (Å²) >= 11 is 7.44. The van der Waals surface area contributed by atoms with Gasteiger partial charge in [0.2, 0.25) is 0 Å². The number of halogens is 1. The summed E-state index contributed by atoms with van der Waals surface area (Å²) in [6, 6.07) is 0.605. The maximum absolute atomic E-state index is 5.85. The number of hydrogen-bond acceptors (Lipinski definition) is 4. The monoisotopic (exact) mass is 259 g/mol. The molecule has 1 unspecified atom stereocenters. The van der Waals surface area contributed by atoms with Gasteiger partial charge in [0.1, 0.15) is 0 Å². The first-order valence-corrected chi connectivity index (χ1v) is 6.87. The molecule has 1 aliphatic heterocycles. The first-order chi connectivity index (χ1) is 7.65. The van der Waals surface area contributed by atoms with E-state index in [1.807, 2.05) is 6.20 Å². The first-order valence-electron chi connectivity index (χ1n) is 5.68. The van der Waals surface area contributed by atoms with Crippen molar-refractivity contribution in [3.05, 3.63) is 15.5 Å². The molecule has 1 aromatic heterocycles. The second-order valence-corrected chi connectivity index (χ2v) is 6.21. The van der Waals surface area contributed by atoms with Gasteiger partial charge in [0.25, 0.3) is 0 Å². The third kappa shape index (κ3) is 3.17. The van der Waals surface area contributed by atoms with Crippen LogP contribution in [-0.2, 0) is 6.54 Å². The predicted molar refractivity (Wildman–Crippen MR) is 69.1 cm³/mol. The molecule has 90 valence electrons. The minimum absolute atomic E-state index is 0.605. The van der Waals surface area contributed by atoms with Crippen LogP contribution in [0.1, 0.15) is 18.2 Å². The van der Waals surface area contributed by atoms with Crippen LogP contribution in [0.25, 0.3) is 0 Å². The predicted octanol–water partition coefficient (Wildman–Crippen LogP) is 2.32. The summed E-state index contributed by atoms with van der Waals surface area (Å²) in [6.07, 6.45) is 3.14. The summed E-state index contributed by atoms with van der Waals surface area (Å²) < 4.78 is 0.648. The van der Waals surface area contributed by atoms with Crippen LogP contribution in [0, 0.1) is 0 Å². The quantitative estimate of drug-likeness (QED) is 0.813. The SMILES string of the molecule is CC1CN(C)CCCN1Cc1cnc(Cl)s1. The van der Waals surface area contributed by atoms with Gasteiger partial charge >= 0.3 is 0 Å². The van der Waals surface area contributed by atoms with E-state index in [0.717, 1.165) is 13.1 Å². The average molecular weight is 260 g/mol. The van der Waals surface area contributed by atoms with E-state index < -0.39 is 0 Å². The zero-order valence-electron chi connectivity index (χ0n) is 9.82. The molecule has 1 saturated heterocycles. The fourth-order valence-corrected chi connectivity index (χ4v) is 3.22. The van der Waals surface area contributed by atoms with E-state index in [2.05, 4.69) is 28.8 Å². The molecule has 0 N–H and O–H groups in total. The Labute approximate surface area is 106 Å². The Kier molecular flexibility index (Phi) is 4.19. The Balaban J connectivity index is 1.97. The van der Waals surface area contributed by atoms with Gasteiger partial charge in [0.15, 0.2) is 4.47 Å². The second-order valence-electron chi connectivity index (χ2n) is 4.51. The Bertz CT molecular complexity index is 342. The van der Waals surface area contributed by atoms with Crippen molar-refractivity contribution in [2.45, 2.75) is 25.9 Å². The summed E-state index contributed by atoms with van der Waals surface area (Å²) in [7, 11) is 2.20. The van der Waals surface area contributed by atoms with E-state index in [0.29, 0.717) is 10.5 Å². The number of likely N-dealkylation sites (N-methyl/N-ethyl adjacent to an activating group) is 1. The van der Waals surface area contributed by atoms with Crippen LogP contribution in [0.15, 0.2) is 6.20 Å². The zero-order valence-corrected chi connectivity index (χ0v) is 11.4. The van der Waals surface area contributed by atoms with E-state index in [1.165, 1.54) is 24.4 Å². The van der Waals surface area contributed by atoms with E-state index in [1.54, 1.807) is 11.3 Å². The lowest BCUT2D eigenvalue weighted by Gasteiger charge is -2.27. The molecule has 0 bridgehead atoms. The molecule has 1 fully saturated rings. The van der Waals surface area contributed by atoms with E-state index in [9.17, 15) is 0 Å². The molecular weight excluding hydrogens is 242 g/mol. The molecule has 1 aliphatic rings. The Hall–Kier alpha value is -0.160. The Morgan fingerprint density at radius 2 is 2.38 bits per heavy atom. The summed E-state index contributed by atoms with van der Waals surface area (Å²) in [4.78, 5) is 10.3. The third-order valence-corrected chi connectivity index (χ3v) is 4.17. The molecule has 0 saturated carbocycles. The summed E-state index contributed by atoms with van der Waals surface area (Å²) in [5.41, 5.74) is 0. The fraction of sp³-hybridized carbons (Fsp3) is 0.727. The van der Waals surface area contributed by atoms with Crippen molar-refractivity contribution in [3.63, 3.8) is 0 Å². The van der Waals surface area contributed by atoms with Crippen LogP contribution in [0.3, 0.4) is 0 Å². The lowest BCUT2D eigenvalue weighted by molar-refractivity contribution is 0.196. The minimum Gasteiger partial charge on any atom is -0.305 e. The Morgan fingerprint density at radius 1 is 1.56 bits per heavy atom. The summed E-state index contributed by atoms with van der Waals surface area (Å²) in [6.45, 7) is 6.79. The first kappa shape index (κ1) is 12.3. The molecule has 0 spiro atoms. The molecule has 2 rings (SSSR count). The molecule has 1 aromatic rings. The molecule has 0 aromatic carbocycles. The van der Waals surface area contributed by atoms with Crippen molar-refractivity contribution >= 4 is 22.9 Å². The van der Waals surface area contributed by atoms with E-state index >= 15 is 0 Å². The lowest BCUT2D eigenvalue weighted by Crippen LogP contribution is -2.37. The highest BCUT2D eigenvalue weighted by Crippen LogP contribution is 2.21. The van der Waals surface area contributed by atoms with Gasteiger partial charge < -0.3 is 4.90 Å². The molecule has 5 heteroatoms. The number of hydrogen-bond donors (Lipinski definition) is 0. The van der Waals surface area contributed by atoms with Crippen molar-refractivity contribution in [2.24, 2.45) is 0 Å². The lowest BCUT2D eigenvalue weighted by atomic mass is 10.2. The molecule has 1 atom stereocenters. The van der Waals surface area contributed by atoms with Crippen LogP contribution in [-0.4, -0.2) is 47.5 Å². The highest BCUT2D eigenvalue weighted by Gasteiger charge is 2.20. The van der Waals surface area contributed by atoms with E-state index in [4.69, 9.17) is 11.6 Å². The van der Waals surface area contributed by atoms with Crippen molar-refractivity contribution in [1.82, 2.24) is 14.8 Å². The van der Waals surface area contributed by atoms with Crippen LogP contribution in [0.4, 0.5) is 0 Å². The standard InChI is InChI=1S/C11H18ClN3S/c1-9-7-14(2)4-3-5-15(9)8-10-6-13-11(12)16-10/h6,9H,3-5,7-8H2,1-2H3. The topological polar surface area (TPSA) is 19.4 Å². The maximum Gasteiger partial charge on any atom is 0.183 e. The van der Waals surface area contributed by atoms with Crippen LogP contribution in [0.5, 0.6) is 0 Å². The van der Waals surface area contributed by atoms with Gasteiger partial charge in [0, 0.05) is 36.8 Å². The molecule has 0 radical (unpaired) electrons.